The van der Waals surface area contributed by atoms with Gasteiger partial charge in [-0.3, -0.25) is 0 Å². The Bertz CT molecular complexity index is 627. The Balaban J connectivity index is 1.86. The van der Waals surface area contributed by atoms with E-state index in [0.29, 0.717) is 12.5 Å². The summed E-state index contributed by atoms with van der Waals surface area (Å²) in [6, 6.07) is 16.4. The average Bonchev–Trinajstić information content (AvgIpc) is 2.66. The van der Waals surface area contributed by atoms with E-state index in [2.05, 4.69) is 44.3 Å². The molecule has 0 saturated carbocycles. The van der Waals surface area contributed by atoms with Gasteiger partial charge in [-0.05, 0) is 42.5 Å². The molecule has 2 rings (SSSR count). The van der Waals surface area contributed by atoms with E-state index >= 15 is 0 Å². The summed E-state index contributed by atoms with van der Waals surface area (Å²) in [5.74, 6) is 2.42. The first kappa shape index (κ1) is 19.2. The Morgan fingerprint density at radius 1 is 0.880 bits per heavy atom. The number of benzene rings is 2. The molecule has 136 valence electrons. The minimum Gasteiger partial charge on any atom is -0.491 e. The van der Waals surface area contributed by atoms with Gasteiger partial charge < -0.3 is 14.8 Å². The van der Waals surface area contributed by atoms with Gasteiger partial charge in [0.1, 0.15) is 18.1 Å². The van der Waals surface area contributed by atoms with E-state index in [-0.39, 0.29) is 0 Å². The molecule has 1 unspecified atom stereocenters. The first-order chi connectivity index (χ1) is 12.3. The highest BCUT2D eigenvalue weighted by molar-refractivity contribution is 5.56. The molecule has 0 aliphatic carbocycles. The largest absolute Gasteiger partial charge is 0.491 e. The number of hydrogen-bond acceptors (Lipinski definition) is 3. The summed E-state index contributed by atoms with van der Waals surface area (Å²) in [5, 5.41) is 3.42. The van der Waals surface area contributed by atoms with E-state index < -0.39 is 0 Å². The molecule has 0 bridgehead atoms. The molecule has 1 atom stereocenters. The number of nitrogens with one attached hydrogen (secondary N) is 1. The molecule has 0 aliphatic heterocycles. The van der Waals surface area contributed by atoms with Crippen LogP contribution in [0.5, 0.6) is 11.5 Å². The fraction of sp³-hybridized carbons (Fsp3) is 0.455. The molecule has 0 amide bonds. The van der Waals surface area contributed by atoms with Gasteiger partial charge in [-0.1, -0.05) is 57.5 Å². The Kier molecular flexibility index (Phi) is 8.17. The van der Waals surface area contributed by atoms with Crippen molar-refractivity contribution in [2.24, 2.45) is 0 Å². The predicted molar refractivity (Wildman–Crippen MR) is 106 cm³/mol. The van der Waals surface area contributed by atoms with Gasteiger partial charge in [0.25, 0.3) is 0 Å². The van der Waals surface area contributed by atoms with Crippen LogP contribution in [0.15, 0.2) is 48.5 Å². The van der Waals surface area contributed by atoms with Crippen LogP contribution in [0.1, 0.15) is 51.5 Å². The van der Waals surface area contributed by atoms with E-state index in [1.54, 1.807) is 0 Å². The molecule has 25 heavy (non-hydrogen) atoms. The lowest BCUT2D eigenvalue weighted by Crippen LogP contribution is -2.13. The molecule has 0 aliphatic rings. The third-order valence-corrected chi connectivity index (χ3v) is 4.38. The lowest BCUT2D eigenvalue weighted by Gasteiger charge is -2.17. The van der Waals surface area contributed by atoms with Gasteiger partial charge in [-0.2, -0.15) is 0 Å². The minimum atomic E-state index is 0.511. The Morgan fingerprint density at radius 3 is 2.32 bits per heavy atom. The number of para-hydroxylation sites is 3. The molecular formula is C22H31NO2. The molecule has 1 N–H and O–H groups in total. The summed E-state index contributed by atoms with van der Waals surface area (Å²) in [4.78, 5) is 0. The monoisotopic (exact) mass is 341 g/mol. The van der Waals surface area contributed by atoms with Crippen molar-refractivity contribution in [3.63, 3.8) is 0 Å². The minimum absolute atomic E-state index is 0.511. The normalized spacial score (nSPS) is 11.8. The van der Waals surface area contributed by atoms with Crippen molar-refractivity contribution < 1.29 is 9.47 Å². The predicted octanol–water partition coefficient (Wildman–Crippen LogP) is 5.87. The summed E-state index contributed by atoms with van der Waals surface area (Å²) in [6.45, 7) is 8.73. The van der Waals surface area contributed by atoms with Crippen LogP contribution in [0, 0.1) is 0 Å². The summed E-state index contributed by atoms with van der Waals surface area (Å²) < 4.78 is 11.9. The first-order valence-electron chi connectivity index (χ1n) is 9.43. The van der Waals surface area contributed by atoms with Crippen molar-refractivity contribution in [2.45, 2.75) is 46.0 Å². The summed E-state index contributed by atoms with van der Waals surface area (Å²) in [6.07, 6.45) is 3.32. The summed E-state index contributed by atoms with van der Waals surface area (Å²) >= 11 is 0. The van der Waals surface area contributed by atoms with Gasteiger partial charge in [0.05, 0.1) is 12.3 Å². The van der Waals surface area contributed by atoms with E-state index in [0.717, 1.165) is 49.6 Å². The molecule has 0 radical (unpaired) electrons. The highest BCUT2D eigenvalue weighted by Crippen LogP contribution is 2.28. The standard InChI is InChI=1S/C22H31NO2/c1-4-6-16-24-22-14-10-8-12-20(22)23-15-17-25-21-13-9-7-11-19(21)18(3)5-2/h7-14,18,23H,4-6,15-17H2,1-3H3. The Labute approximate surface area is 152 Å². The molecule has 0 saturated heterocycles. The van der Waals surface area contributed by atoms with Gasteiger partial charge in [-0.15, -0.1) is 0 Å². The first-order valence-corrected chi connectivity index (χ1v) is 9.43. The number of anilines is 1. The maximum Gasteiger partial charge on any atom is 0.142 e. The average molecular weight is 341 g/mol. The van der Waals surface area contributed by atoms with Crippen molar-refractivity contribution >= 4 is 5.69 Å². The molecule has 3 heteroatoms. The van der Waals surface area contributed by atoms with Crippen LogP contribution in [0.3, 0.4) is 0 Å². The van der Waals surface area contributed by atoms with Crippen LogP contribution in [0.2, 0.25) is 0 Å². The van der Waals surface area contributed by atoms with Gasteiger partial charge >= 0.3 is 0 Å². The zero-order chi connectivity index (χ0) is 17.9. The van der Waals surface area contributed by atoms with Crippen molar-refractivity contribution in [1.29, 1.82) is 0 Å². The van der Waals surface area contributed by atoms with Crippen LogP contribution in [0.25, 0.3) is 0 Å². The van der Waals surface area contributed by atoms with E-state index in [1.807, 2.05) is 30.3 Å². The summed E-state index contributed by atoms with van der Waals surface area (Å²) in [7, 11) is 0. The molecule has 0 aromatic heterocycles. The highest BCUT2D eigenvalue weighted by atomic mass is 16.5. The zero-order valence-corrected chi connectivity index (χ0v) is 15.8. The lowest BCUT2D eigenvalue weighted by molar-refractivity contribution is 0.309. The van der Waals surface area contributed by atoms with E-state index in [9.17, 15) is 0 Å². The molecule has 0 heterocycles. The molecule has 0 fully saturated rings. The Hall–Kier alpha value is -2.16. The SMILES string of the molecule is CCCCOc1ccccc1NCCOc1ccccc1C(C)CC. The van der Waals surface area contributed by atoms with Gasteiger partial charge in [-0.25, -0.2) is 0 Å². The van der Waals surface area contributed by atoms with E-state index in [4.69, 9.17) is 9.47 Å². The van der Waals surface area contributed by atoms with Crippen LogP contribution >= 0.6 is 0 Å². The van der Waals surface area contributed by atoms with Crippen LogP contribution in [-0.4, -0.2) is 19.8 Å². The third-order valence-electron chi connectivity index (χ3n) is 4.38. The molecule has 2 aromatic rings. The molecular weight excluding hydrogens is 310 g/mol. The van der Waals surface area contributed by atoms with Crippen molar-refractivity contribution in [2.75, 3.05) is 25.1 Å². The van der Waals surface area contributed by atoms with Crippen LogP contribution in [-0.2, 0) is 0 Å². The van der Waals surface area contributed by atoms with Crippen molar-refractivity contribution in [1.82, 2.24) is 0 Å². The second-order valence-electron chi connectivity index (χ2n) is 6.32. The third kappa shape index (κ3) is 6.00. The quantitative estimate of drug-likeness (QED) is 0.518. The summed E-state index contributed by atoms with van der Waals surface area (Å²) in [5.41, 5.74) is 2.31. The number of unbranched alkanes of at least 4 members (excludes halogenated alkanes) is 1. The van der Waals surface area contributed by atoms with E-state index in [1.165, 1.54) is 5.56 Å². The second kappa shape index (κ2) is 10.7. The fourth-order valence-corrected chi connectivity index (χ4v) is 2.65. The number of rotatable bonds is 11. The second-order valence-corrected chi connectivity index (χ2v) is 6.32. The smallest absolute Gasteiger partial charge is 0.142 e. The fourth-order valence-electron chi connectivity index (χ4n) is 2.65. The number of ether oxygens (including phenoxy) is 2. The zero-order valence-electron chi connectivity index (χ0n) is 15.8. The van der Waals surface area contributed by atoms with Crippen molar-refractivity contribution in [3.8, 4) is 11.5 Å². The van der Waals surface area contributed by atoms with Crippen molar-refractivity contribution in [3.05, 3.63) is 54.1 Å². The topological polar surface area (TPSA) is 30.5 Å². The van der Waals surface area contributed by atoms with Crippen LogP contribution in [0.4, 0.5) is 5.69 Å². The lowest BCUT2D eigenvalue weighted by atomic mass is 9.98. The molecule has 2 aromatic carbocycles. The van der Waals surface area contributed by atoms with Gasteiger partial charge in [0.15, 0.2) is 0 Å². The molecule has 3 nitrogen and oxygen atoms in total. The molecule has 0 spiro atoms. The van der Waals surface area contributed by atoms with Crippen LogP contribution < -0.4 is 14.8 Å². The maximum absolute atomic E-state index is 6.02. The Morgan fingerprint density at radius 2 is 1.56 bits per heavy atom. The highest BCUT2D eigenvalue weighted by Gasteiger charge is 2.09. The van der Waals surface area contributed by atoms with Gasteiger partial charge in [0.2, 0.25) is 0 Å². The number of hydrogen-bond donors (Lipinski definition) is 1. The maximum atomic E-state index is 6.02. The van der Waals surface area contributed by atoms with Gasteiger partial charge in [0, 0.05) is 6.54 Å².